The van der Waals surface area contributed by atoms with Crippen molar-refractivity contribution in [3.05, 3.63) is 83.4 Å². The van der Waals surface area contributed by atoms with E-state index in [2.05, 4.69) is 10.6 Å². The second-order valence-corrected chi connectivity index (χ2v) is 6.46. The van der Waals surface area contributed by atoms with Crippen LogP contribution in [0.2, 0.25) is 5.02 Å². The molecule has 0 bridgehead atoms. The van der Waals surface area contributed by atoms with Gasteiger partial charge in [0.05, 0.1) is 12.8 Å². The molecule has 0 radical (unpaired) electrons. The van der Waals surface area contributed by atoms with Crippen LogP contribution in [0.4, 0.5) is 11.4 Å². The molecule has 0 unspecified atom stereocenters. The van der Waals surface area contributed by atoms with Gasteiger partial charge in [0.25, 0.3) is 11.8 Å². The highest BCUT2D eigenvalue weighted by Gasteiger charge is 2.12. The summed E-state index contributed by atoms with van der Waals surface area (Å²) >= 11 is 5.82. The summed E-state index contributed by atoms with van der Waals surface area (Å²) in [5.74, 6) is 0.392. The Bertz CT molecular complexity index is 991. The number of methoxy groups -OCH3 is 1. The van der Waals surface area contributed by atoms with Gasteiger partial charge in [0.15, 0.2) is 6.61 Å². The molecule has 148 valence electrons. The number of hydrogen-bond acceptors (Lipinski definition) is 4. The number of carbonyl (C=O) groups is 2. The number of carbonyl (C=O) groups excluding carboxylic acids is 2. The molecule has 6 nitrogen and oxygen atoms in total. The standard InChI is InChI=1S/C22H19ClN2O4/c1-28-20-12-9-17(13-19(20)25-22(27)15-5-3-2-4-6-15)24-21(26)14-29-18-10-7-16(23)8-11-18/h2-13H,14H2,1H3,(H,24,26)(H,25,27). The van der Waals surface area contributed by atoms with Crippen LogP contribution in [0.5, 0.6) is 11.5 Å². The van der Waals surface area contributed by atoms with Crippen LogP contribution in [0.1, 0.15) is 10.4 Å². The first-order valence-corrected chi connectivity index (χ1v) is 9.15. The molecule has 0 fully saturated rings. The highest BCUT2D eigenvalue weighted by Crippen LogP contribution is 2.28. The van der Waals surface area contributed by atoms with Gasteiger partial charge in [-0.2, -0.15) is 0 Å². The molecule has 2 N–H and O–H groups in total. The molecule has 0 spiro atoms. The van der Waals surface area contributed by atoms with Crippen LogP contribution < -0.4 is 20.1 Å². The molecule has 3 rings (SSSR count). The second kappa shape index (κ2) is 9.61. The van der Waals surface area contributed by atoms with Gasteiger partial charge in [0.2, 0.25) is 0 Å². The van der Waals surface area contributed by atoms with E-state index in [1.807, 2.05) is 6.07 Å². The van der Waals surface area contributed by atoms with Crippen LogP contribution in [0, 0.1) is 0 Å². The lowest BCUT2D eigenvalue weighted by Crippen LogP contribution is -2.20. The van der Waals surface area contributed by atoms with Gasteiger partial charge < -0.3 is 20.1 Å². The third-order valence-corrected chi connectivity index (χ3v) is 4.20. The van der Waals surface area contributed by atoms with Gasteiger partial charge in [-0.3, -0.25) is 9.59 Å². The van der Waals surface area contributed by atoms with Crippen LogP contribution in [-0.2, 0) is 4.79 Å². The van der Waals surface area contributed by atoms with Crippen LogP contribution in [0.25, 0.3) is 0 Å². The van der Waals surface area contributed by atoms with Crippen molar-refractivity contribution in [3.8, 4) is 11.5 Å². The maximum atomic E-state index is 12.4. The third-order valence-electron chi connectivity index (χ3n) is 3.95. The molecule has 3 aromatic rings. The molecule has 0 saturated heterocycles. The average Bonchev–Trinajstić information content (AvgIpc) is 2.74. The van der Waals surface area contributed by atoms with Crippen molar-refractivity contribution < 1.29 is 19.1 Å². The first-order chi connectivity index (χ1) is 14.0. The first-order valence-electron chi connectivity index (χ1n) is 8.78. The Hall–Kier alpha value is -3.51. The minimum atomic E-state index is -0.342. The van der Waals surface area contributed by atoms with Gasteiger partial charge in [0.1, 0.15) is 11.5 Å². The predicted molar refractivity (Wildman–Crippen MR) is 113 cm³/mol. The molecule has 0 aliphatic heterocycles. The highest BCUT2D eigenvalue weighted by molar-refractivity contribution is 6.30. The van der Waals surface area contributed by atoms with E-state index >= 15 is 0 Å². The second-order valence-electron chi connectivity index (χ2n) is 6.03. The lowest BCUT2D eigenvalue weighted by molar-refractivity contribution is -0.118. The maximum Gasteiger partial charge on any atom is 0.262 e. The van der Waals surface area contributed by atoms with Crippen LogP contribution >= 0.6 is 11.6 Å². The fourth-order valence-electron chi connectivity index (χ4n) is 2.54. The number of nitrogens with one attached hydrogen (secondary N) is 2. The van der Waals surface area contributed by atoms with E-state index in [-0.39, 0.29) is 18.4 Å². The fraction of sp³-hybridized carbons (Fsp3) is 0.0909. The summed E-state index contributed by atoms with van der Waals surface area (Å²) in [6.07, 6.45) is 0. The number of rotatable bonds is 7. The SMILES string of the molecule is COc1ccc(NC(=O)COc2ccc(Cl)cc2)cc1NC(=O)c1ccccc1. The van der Waals surface area contributed by atoms with Gasteiger partial charge in [-0.1, -0.05) is 29.8 Å². The number of amides is 2. The molecule has 0 heterocycles. The number of anilines is 2. The van der Waals surface area contributed by atoms with E-state index in [4.69, 9.17) is 21.1 Å². The maximum absolute atomic E-state index is 12.4. The summed E-state index contributed by atoms with van der Waals surface area (Å²) in [5.41, 5.74) is 1.46. The Kier molecular flexibility index (Phi) is 6.71. The van der Waals surface area contributed by atoms with Crippen LogP contribution in [0.15, 0.2) is 72.8 Å². The summed E-state index contributed by atoms with van der Waals surface area (Å²) in [6.45, 7) is -0.167. The van der Waals surface area contributed by atoms with Crippen molar-refractivity contribution in [1.82, 2.24) is 0 Å². The minimum Gasteiger partial charge on any atom is -0.495 e. The first kappa shape index (κ1) is 20.2. The Morgan fingerprint density at radius 2 is 1.66 bits per heavy atom. The lowest BCUT2D eigenvalue weighted by Gasteiger charge is -2.13. The number of hydrogen-bond donors (Lipinski definition) is 2. The van der Waals surface area contributed by atoms with Crippen molar-refractivity contribution in [2.75, 3.05) is 24.4 Å². The van der Waals surface area contributed by atoms with Crippen LogP contribution in [0.3, 0.4) is 0 Å². The van der Waals surface area contributed by atoms with E-state index in [0.29, 0.717) is 33.5 Å². The summed E-state index contributed by atoms with van der Waals surface area (Å²) in [6, 6.07) is 20.5. The predicted octanol–water partition coefficient (Wildman–Crippen LogP) is 4.62. The molecule has 7 heteroatoms. The Morgan fingerprint density at radius 3 is 2.34 bits per heavy atom. The fourth-order valence-corrected chi connectivity index (χ4v) is 2.67. The molecule has 0 atom stereocenters. The zero-order chi connectivity index (χ0) is 20.6. The number of ether oxygens (including phenoxy) is 2. The molecular formula is C22H19ClN2O4. The van der Waals surface area contributed by atoms with Crippen molar-refractivity contribution >= 4 is 34.8 Å². The van der Waals surface area contributed by atoms with E-state index < -0.39 is 0 Å². The third kappa shape index (κ3) is 5.73. The Balaban J connectivity index is 1.65. The van der Waals surface area contributed by atoms with E-state index in [1.165, 1.54) is 7.11 Å². The Morgan fingerprint density at radius 1 is 0.931 bits per heavy atom. The molecule has 0 saturated carbocycles. The largest absolute Gasteiger partial charge is 0.495 e. The Labute approximate surface area is 173 Å². The summed E-state index contributed by atoms with van der Waals surface area (Å²) < 4.78 is 10.7. The topological polar surface area (TPSA) is 76.7 Å². The molecule has 0 aliphatic rings. The van der Waals surface area contributed by atoms with E-state index in [0.717, 1.165) is 0 Å². The van der Waals surface area contributed by atoms with Gasteiger partial charge in [0, 0.05) is 16.3 Å². The molecule has 29 heavy (non-hydrogen) atoms. The minimum absolute atomic E-state index is 0.167. The van der Waals surface area contributed by atoms with Crippen molar-refractivity contribution in [2.24, 2.45) is 0 Å². The van der Waals surface area contributed by atoms with E-state index in [9.17, 15) is 9.59 Å². The van der Waals surface area contributed by atoms with Gasteiger partial charge in [-0.05, 0) is 54.6 Å². The van der Waals surface area contributed by atoms with Crippen molar-refractivity contribution in [2.45, 2.75) is 0 Å². The van der Waals surface area contributed by atoms with Crippen molar-refractivity contribution in [3.63, 3.8) is 0 Å². The number of benzene rings is 3. The summed E-state index contributed by atoms with van der Waals surface area (Å²) in [4.78, 5) is 24.6. The van der Waals surface area contributed by atoms with Gasteiger partial charge in [-0.25, -0.2) is 0 Å². The lowest BCUT2D eigenvalue weighted by atomic mass is 10.2. The summed E-state index contributed by atoms with van der Waals surface area (Å²) in [7, 11) is 1.51. The monoisotopic (exact) mass is 410 g/mol. The molecule has 0 aliphatic carbocycles. The van der Waals surface area contributed by atoms with Gasteiger partial charge >= 0.3 is 0 Å². The molecule has 3 aromatic carbocycles. The average molecular weight is 411 g/mol. The van der Waals surface area contributed by atoms with Crippen molar-refractivity contribution in [1.29, 1.82) is 0 Å². The zero-order valence-corrected chi connectivity index (χ0v) is 16.4. The normalized spacial score (nSPS) is 10.1. The highest BCUT2D eigenvalue weighted by atomic mass is 35.5. The summed E-state index contributed by atoms with van der Waals surface area (Å²) in [5, 5.41) is 6.12. The zero-order valence-electron chi connectivity index (χ0n) is 15.6. The smallest absolute Gasteiger partial charge is 0.262 e. The van der Waals surface area contributed by atoms with Gasteiger partial charge in [-0.15, -0.1) is 0 Å². The molecular weight excluding hydrogens is 392 g/mol. The molecule has 0 aromatic heterocycles. The quantitative estimate of drug-likeness (QED) is 0.596. The van der Waals surface area contributed by atoms with Crippen LogP contribution in [-0.4, -0.2) is 25.5 Å². The van der Waals surface area contributed by atoms with E-state index in [1.54, 1.807) is 66.7 Å². The molecule has 2 amide bonds. The number of halogens is 1.